The first-order chi connectivity index (χ1) is 12.6. The number of carboxylic acid groups (broad SMARTS) is 1. The molecule has 0 aliphatic rings. The molecule has 0 bridgehead atoms. The zero-order chi connectivity index (χ0) is 20.4. The van der Waals surface area contributed by atoms with Gasteiger partial charge in [-0.15, -0.1) is 0 Å². The minimum Gasteiger partial charge on any atom is -0.475 e. The summed E-state index contributed by atoms with van der Waals surface area (Å²) in [6.45, 7) is 6.29. The van der Waals surface area contributed by atoms with E-state index in [1.165, 1.54) is 36.1 Å². The van der Waals surface area contributed by atoms with Crippen LogP contribution in [0.25, 0.3) is 0 Å². The number of nitrogens with zero attached hydrogens (tertiary/aromatic N) is 2. The predicted octanol–water partition coefficient (Wildman–Crippen LogP) is 4.11. The maximum atomic E-state index is 10.6. The molecular formula is C19H26F3N3O2. The third kappa shape index (κ3) is 8.72. The third-order valence-corrected chi connectivity index (χ3v) is 4.05. The molecule has 0 saturated heterocycles. The van der Waals surface area contributed by atoms with E-state index in [9.17, 15) is 13.2 Å². The van der Waals surface area contributed by atoms with Crippen molar-refractivity contribution in [2.75, 3.05) is 13.6 Å². The Labute approximate surface area is 157 Å². The Morgan fingerprint density at radius 2 is 1.78 bits per heavy atom. The van der Waals surface area contributed by atoms with Gasteiger partial charge in [-0.3, -0.25) is 5.10 Å². The molecule has 150 valence electrons. The van der Waals surface area contributed by atoms with Gasteiger partial charge in [0.2, 0.25) is 0 Å². The Morgan fingerprint density at radius 3 is 2.26 bits per heavy atom. The van der Waals surface area contributed by atoms with Gasteiger partial charge < -0.3 is 10.0 Å². The summed E-state index contributed by atoms with van der Waals surface area (Å²) < 4.78 is 31.7. The molecule has 2 aromatic rings. The molecule has 0 saturated carbocycles. The second-order valence-electron chi connectivity index (χ2n) is 6.40. The van der Waals surface area contributed by atoms with Crippen molar-refractivity contribution in [3.63, 3.8) is 0 Å². The summed E-state index contributed by atoms with van der Waals surface area (Å²) in [5.74, 6) is -2.76. The number of aliphatic carboxylic acids is 1. The van der Waals surface area contributed by atoms with Crippen molar-refractivity contribution in [2.45, 2.75) is 45.8 Å². The lowest BCUT2D eigenvalue weighted by molar-refractivity contribution is -0.192. The van der Waals surface area contributed by atoms with Crippen LogP contribution in [0, 0.1) is 13.8 Å². The molecule has 5 nitrogen and oxygen atoms in total. The Hall–Kier alpha value is -2.35. The topological polar surface area (TPSA) is 69.2 Å². The van der Waals surface area contributed by atoms with Gasteiger partial charge in [0.15, 0.2) is 0 Å². The molecule has 0 aliphatic carbocycles. The zero-order valence-corrected chi connectivity index (χ0v) is 15.8. The van der Waals surface area contributed by atoms with Crippen LogP contribution in [-0.4, -0.2) is 45.9 Å². The van der Waals surface area contributed by atoms with Crippen LogP contribution in [0.2, 0.25) is 0 Å². The quantitative estimate of drug-likeness (QED) is 0.704. The van der Waals surface area contributed by atoms with Gasteiger partial charge in [-0.1, -0.05) is 30.3 Å². The predicted molar refractivity (Wildman–Crippen MR) is 97.5 cm³/mol. The average molecular weight is 385 g/mol. The van der Waals surface area contributed by atoms with Crippen LogP contribution < -0.4 is 0 Å². The highest BCUT2D eigenvalue weighted by molar-refractivity contribution is 5.73. The number of nitrogens with one attached hydrogen (secondary N) is 1. The maximum absolute atomic E-state index is 10.6. The van der Waals surface area contributed by atoms with Gasteiger partial charge in [0, 0.05) is 17.8 Å². The molecule has 0 amide bonds. The summed E-state index contributed by atoms with van der Waals surface area (Å²) in [6.07, 6.45) is -1.42. The summed E-state index contributed by atoms with van der Waals surface area (Å²) in [7, 11) is 2.19. The molecule has 0 unspecified atom stereocenters. The Bertz CT molecular complexity index is 680. The molecule has 2 rings (SSSR count). The Morgan fingerprint density at radius 1 is 1.19 bits per heavy atom. The van der Waals surface area contributed by atoms with E-state index in [-0.39, 0.29) is 0 Å². The number of alkyl halides is 3. The van der Waals surface area contributed by atoms with Gasteiger partial charge in [-0.25, -0.2) is 4.79 Å². The summed E-state index contributed by atoms with van der Waals surface area (Å²) in [5, 5.41) is 14.4. The van der Waals surface area contributed by atoms with Gasteiger partial charge in [0.1, 0.15) is 0 Å². The number of aryl methyl sites for hydroxylation is 3. The number of halogens is 3. The molecule has 1 heterocycles. The number of H-pyrrole nitrogens is 1. The molecular weight excluding hydrogens is 359 g/mol. The largest absolute Gasteiger partial charge is 0.490 e. The molecule has 27 heavy (non-hydrogen) atoms. The van der Waals surface area contributed by atoms with Crippen molar-refractivity contribution in [1.82, 2.24) is 15.1 Å². The fraction of sp³-hybridized carbons (Fsp3) is 0.474. The van der Waals surface area contributed by atoms with E-state index >= 15 is 0 Å². The highest BCUT2D eigenvalue weighted by Gasteiger charge is 2.38. The second kappa shape index (κ2) is 10.7. The van der Waals surface area contributed by atoms with E-state index in [0.717, 1.165) is 18.8 Å². The minimum atomic E-state index is -5.08. The number of hydrogen-bond acceptors (Lipinski definition) is 3. The first kappa shape index (κ1) is 22.7. The Kier molecular flexibility index (Phi) is 9.00. The SMILES string of the molecule is Cc1n[nH]c(C)c1CN(C)CCCCc1ccccc1.O=C(O)C(F)(F)F. The number of carbonyl (C=O) groups is 1. The van der Waals surface area contributed by atoms with Crippen LogP contribution in [0.15, 0.2) is 30.3 Å². The van der Waals surface area contributed by atoms with Gasteiger partial charge in [0.25, 0.3) is 0 Å². The molecule has 2 N–H and O–H groups in total. The van der Waals surface area contributed by atoms with E-state index in [2.05, 4.69) is 66.3 Å². The molecule has 0 fully saturated rings. The molecule has 1 aromatic heterocycles. The van der Waals surface area contributed by atoms with Crippen LogP contribution >= 0.6 is 0 Å². The highest BCUT2D eigenvalue weighted by Crippen LogP contribution is 2.13. The lowest BCUT2D eigenvalue weighted by Gasteiger charge is -2.16. The highest BCUT2D eigenvalue weighted by atomic mass is 19.4. The normalized spacial score (nSPS) is 11.2. The summed E-state index contributed by atoms with van der Waals surface area (Å²) in [4.78, 5) is 11.3. The number of unbranched alkanes of at least 4 members (excludes halogenated alkanes) is 1. The third-order valence-electron chi connectivity index (χ3n) is 4.05. The van der Waals surface area contributed by atoms with E-state index in [4.69, 9.17) is 9.90 Å². The standard InChI is InChI=1S/C17H25N3.C2HF3O2/c1-14-17(15(2)19-18-14)13-20(3)12-8-7-11-16-9-5-4-6-10-16;3-2(4,5)1(6)7/h4-6,9-10H,7-8,11-13H2,1-3H3,(H,18,19);(H,6,7). The second-order valence-corrected chi connectivity index (χ2v) is 6.40. The van der Waals surface area contributed by atoms with Gasteiger partial charge in [-0.2, -0.15) is 18.3 Å². The van der Waals surface area contributed by atoms with Crippen LogP contribution in [0.1, 0.15) is 35.4 Å². The lowest BCUT2D eigenvalue weighted by atomic mass is 10.1. The first-order valence-electron chi connectivity index (χ1n) is 8.64. The van der Waals surface area contributed by atoms with Crippen molar-refractivity contribution >= 4 is 5.97 Å². The van der Waals surface area contributed by atoms with E-state index in [1.54, 1.807) is 0 Å². The molecule has 0 aliphatic heterocycles. The smallest absolute Gasteiger partial charge is 0.475 e. The summed E-state index contributed by atoms with van der Waals surface area (Å²) >= 11 is 0. The number of aromatic amines is 1. The Balaban J connectivity index is 0.000000445. The van der Waals surface area contributed by atoms with Crippen molar-refractivity contribution in [3.05, 3.63) is 52.8 Å². The van der Waals surface area contributed by atoms with E-state index in [0.29, 0.717) is 0 Å². The summed E-state index contributed by atoms with van der Waals surface area (Å²) in [5.41, 5.74) is 5.10. The van der Waals surface area contributed by atoms with Crippen LogP contribution in [-0.2, 0) is 17.8 Å². The number of hydrogen-bond donors (Lipinski definition) is 2. The lowest BCUT2D eigenvalue weighted by Crippen LogP contribution is -2.21. The molecule has 8 heteroatoms. The number of benzene rings is 1. The molecule has 0 atom stereocenters. The number of rotatable bonds is 7. The minimum absolute atomic E-state index is 0.986. The van der Waals surface area contributed by atoms with Crippen LogP contribution in [0.4, 0.5) is 13.2 Å². The number of carboxylic acids is 1. The van der Waals surface area contributed by atoms with Crippen LogP contribution in [0.3, 0.4) is 0 Å². The first-order valence-corrected chi connectivity index (χ1v) is 8.64. The van der Waals surface area contributed by atoms with Gasteiger partial charge in [-0.05, 0) is 52.3 Å². The van der Waals surface area contributed by atoms with E-state index < -0.39 is 12.1 Å². The van der Waals surface area contributed by atoms with Gasteiger partial charge in [0.05, 0.1) is 5.69 Å². The average Bonchev–Trinajstić information content (AvgIpc) is 2.91. The summed E-state index contributed by atoms with van der Waals surface area (Å²) in [6, 6.07) is 10.7. The van der Waals surface area contributed by atoms with Crippen molar-refractivity contribution in [1.29, 1.82) is 0 Å². The molecule has 0 radical (unpaired) electrons. The van der Waals surface area contributed by atoms with Crippen LogP contribution in [0.5, 0.6) is 0 Å². The van der Waals surface area contributed by atoms with Gasteiger partial charge >= 0.3 is 12.1 Å². The fourth-order valence-electron chi connectivity index (χ4n) is 2.51. The monoisotopic (exact) mass is 385 g/mol. The fourth-order valence-corrected chi connectivity index (χ4v) is 2.51. The van der Waals surface area contributed by atoms with Crippen molar-refractivity contribution in [3.8, 4) is 0 Å². The zero-order valence-electron chi connectivity index (χ0n) is 15.8. The van der Waals surface area contributed by atoms with Crippen molar-refractivity contribution < 1.29 is 23.1 Å². The number of aromatic nitrogens is 2. The van der Waals surface area contributed by atoms with E-state index in [1.807, 2.05) is 0 Å². The maximum Gasteiger partial charge on any atom is 0.490 e. The molecule has 0 spiro atoms. The van der Waals surface area contributed by atoms with Crippen molar-refractivity contribution in [2.24, 2.45) is 0 Å². The molecule has 1 aromatic carbocycles.